The van der Waals surface area contributed by atoms with Gasteiger partial charge in [0.25, 0.3) is 0 Å². The summed E-state index contributed by atoms with van der Waals surface area (Å²) in [6.07, 6.45) is 4.20. The zero-order valence-corrected chi connectivity index (χ0v) is 11.4. The van der Waals surface area contributed by atoms with Crippen molar-refractivity contribution in [3.8, 4) is 0 Å². The quantitative estimate of drug-likeness (QED) is 0.802. The summed E-state index contributed by atoms with van der Waals surface area (Å²) in [6.45, 7) is 3.28. The summed E-state index contributed by atoms with van der Waals surface area (Å²) in [4.78, 5) is 2.48. The summed E-state index contributed by atoms with van der Waals surface area (Å²) in [6, 6.07) is 5.32. The van der Waals surface area contributed by atoms with Gasteiger partial charge in [0, 0.05) is 19.6 Å². The third kappa shape index (κ3) is 2.27. The van der Waals surface area contributed by atoms with Crippen LogP contribution in [0, 0.1) is 17.7 Å². The molecule has 3 heteroatoms. The van der Waals surface area contributed by atoms with Crippen molar-refractivity contribution in [3.63, 3.8) is 0 Å². The van der Waals surface area contributed by atoms with E-state index < -0.39 is 0 Å². The molecule has 0 N–H and O–H groups in total. The highest BCUT2D eigenvalue weighted by Crippen LogP contribution is 2.38. The van der Waals surface area contributed by atoms with Crippen LogP contribution in [0.1, 0.15) is 24.8 Å². The summed E-state index contributed by atoms with van der Waals surface area (Å²) < 4.78 is 14.1. The van der Waals surface area contributed by atoms with Gasteiger partial charge in [-0.1, -0.05) is 18.6 Å². The van der Waals surface area contributed by atoms with Crippen LogP contribution in [-0.4, -0.2) is 18.0 Å². The Morgan fingerprint density at radius 2 is 1.94 bits per heavy atom. The van der Waals surface area contributed by atoms with E-state index in [4.69, 9.17) is 0 Å². The normalized spacial score (nSPS) is 28.6. The third-order valence-corrected chi connectivity index (χ3v) is 5.12. The number of rotatable bonds is 2. The second-order valence-electron chi connectivity index (χ2n) is 5.36. The van der Waals surface area contributed by atoms with Crippen molar-refractivity contribution >= 4 is 15.9 Å². The van der Waals surface area contributed by atoms with Crippen LogP contribution in [0.15, 0.2) is 22.7 Å². The number of benzene rings is 1. The average Bonchev–Trinajstić information content (AvgIpc) is 2.85. The highest BCUT2D eigenvalue weighted by Gasteiger charge is 2.35. The predicted molar refractivity (Wildman–Crippen MR) is 70.2 cm³/mol. The smallest absolute Gasteiger partial charge is 0.137 e. The lowest BCUT2D eigenvalue weighted by molar-refractivity contribution is 0.302. The van der Waals surface area contributed by atoms with Crippen molar-refractivity contribution in [2.45, 2.75) is 25.8 Å². The maximum atomic E-state index is 13.4. The van der Waals surface area contributed by atoms with Gasteiger partial charge >= 0.3 is 0 Å². The zero-order valence-electron chi connectivity index (χ0n) is 9.83. The predicted octanol–water partition coefficient (Wildman–Crippen LogP) is 3.82. The molecular formula is C14H17BrFN. The van der Waals surface area contributed by atoms with Gasteiger partial charge in [-0.3, -0.25) is 4.90 Å². The van der Waals surface area contributed by atoms with Crippen LogP contribution in [0.4, 0.5) is 4.39 Å². The lowest BCUT2D eigenvalue weighted by Gasteiger charge is -2.17. The number of nitrogens with zero attached hydrogens (tertiary/aromatic N) is 1. The lowest BCUT2D eigenvalue weighted by atomic mass is 10.0. The van der Waals surface area contributed by atoms with Gasteiger partial charge in [0.15, 0.2) is 0 Å². The Morgan fingerprint density at radius 3 is 2.65 bits per heavy atom. The minimum atomic E-state index is -0.151. The first kappa shape index (κ1) is 11.7. The molecule has 1 aromatic carbocycles. The van der Waals surface area contributed by atoms with Crippen LogP contribution in [0.3, 0.4) is 0 Å². The van der Waals surface area contributed by atoms with Crippen molar-refractivity contribution in [1.29, 1.82) is 0 Å². The van der Waals surface area contributed by atoms with Crippen LogP contribution < -0.4 is 0 Å². The molecule has 0 spiro atoms. The number of halogens is 2. The number of fused-ring (bicyclic) bond motifs is 1. The van der Waals surface area contributed by atoms with Gasteiger partial charge in [0.05, 0.1) is 4.47 Å². The first-order valence-electron chi connectivity index (χ1n) is 6.39. The van der Waals surface area contributed by atoms with Crippen LogP contribution in [-0.2, 0) is 6.54 Å². The van der Waals surface area contributed by atoms with E-state index in [9.17, 15) is 4.39 Å². The molecule has 1 heterocycles. The molecule has 0 aromatic heterocycles. The molecule has 1 saturated heterocycles. The molecule has 92 valence electrons. The molecule has 1 nitrogen and oxygen atoms in total. The van der Waals surface area contributed by atoms with Crippen LogP contribution in [0.2, 0.25) is 0 Å². The molecule has 2 fully saturated rings. The Balaban J connectivity index is 1.70. The fraction of sp³-hybridized carbons (Fsp3) is 0.571. The molecule has 0 bridgehead atoms. The Labute approximate surface area is 110 Å². The van der Waals surface area contributed by atoms with Crippen molar-refractivity contribution in [2.75, 3.05) is 13.1 Å². The Morgan fingerprint density at radius 1 is 1.24 bits per heavy atom. The summed E-state index contributed by atoms with van der Waals surface area (Å²) in [5.74, 6) is 1.66. The van der Waals surface area contributed by atoms with Gasteiger partial charge in [-0.25, -0.2) is 4.39 Å². The number of likely N-dealkylation sites (tertiary alicyclic amines) is 1. The van der Waals surface area contributed by atoms with Gasteiger partial charge in [0.2, 0.25) is 0 Å². The fourth-order valence-corrected chi connectivity index (χ4v) is 3.76. The Kier molecular flexibility index (Phi) is 3.22. The maximum Gasteiger partial charge on any atom is 0.137 e. The highest BCUT2D eigenvalue weighted by molar-refractivity contribution is 9.10. The van der Waals surface area contributed by atoms with Crippen molar-refractivity contribution < 1.29 is 4.39 Å². The largest absolute Gasteiger partial charge is 0.298 e. The SMILES string of the molecule is Fc1cccc(CN2CC3CCCC3C2)c1Br. The monoisotopic (exact) mass is 297 g/mol. The molecule has 17 heavy (non-hydrogen) atoms. The van der Waals surface area contributed by atoms with E-state index in [0.717, 1.165) is 23.9 Å². The van der Waals surface area contributed by atoms with Gasteiger partial charge < -0.3 is 0 Å². The molecule has 1 saturated carbocycles. The molecule has 3 rings (SSSR count). The molecule has 2 unspecified atom stereocenters. The van der Waals surface area contributed by atoms with Gasteiger partial charge in [-0.15, -0.1) is 0 Å². The zero-order chi connectivity index (χ0) is 11.8. The highest BCUT2D eigenvalue weighted by atomic mass is 79.9. The minimum absolute atomic E-state index is 0.151. The van der Waals surface area contributed by atoms with Gasteiger partial charge in [0.1, 0.15) is 5.82 Å². The Bertz CT molecular complexity index is 409. The maximum absolute atomic E-state index is 13.4. The van der Waals surface area contributed by atoms with Gasteiger partial charge in [-0.05, 0) is 52.2 Å². The summed E-state index contributed by atoms with van der Waals surface area (Å²) in [5.41, 5.74) is 1.07. The van der Waals surface area contributed by atoms with E-state index in [0.29, 0.717) is 4.47 Å². The van der Waals surface area contributed by atoms with Crippen LogP contribution in [0.25, 0.3) is 0 Å². The summed E-state index contributed by atoms with van der Waals surface area (Å²) in [5, 5.41) is 0. The van der Waals surface area contributed by atoms with Gasteiger partial charge in [-0.2, -0.15) is 0 Å². The van der Waals surface area contributed by atoms with E-state index in [1.54, 1.807) is 6.07 Å². The Hall–Kier alpha value is -0.410. The van der Waals surface area contributed by atoms with E-state index >= 15 is 0 Å². The van der Waals surface area contributed by atoms with Crippen molar-refractivity contribution in [2.24, 2.45) is 11.8 Å². The van der Waals surface area contributed by atoms with E-state index in [2.05, 4.69) is 20.8 Å². The van der Waals surface area contributed by atoms with E-state index in [1.165, 1.54) is 38.4 Å². The molecule has 2 aliphatic rings. The molecule has 0 radical (unpaired) electrons. The standard InChI is InChI=1S/C14H17BrFN/c15-14-12(5-2-6-13(14)16)9-17-7-10-3-1-4-11(10)8-17/h2,5-6,10-11H,1,3-4,7-9H2. The number of hydrogen-bond donors (Lipinski definition) is 0. The minimum Gasteiger partial charge on any atom is -0.298 e. The average molecular weight is 298 g/mol. The molecule has 0 amide bonds. The summed E-state index contributed by atoms with van der Waals surface area (Å²) >= 11 is 3.35. The third-order valence-electron chi connectivity index (χ3n) is 4.23. The van der Waals surface area contributed by atoms with Crippen LogP contribution in [0.5, 0.6) is 0 Å². The van der Waals surface area contributed by atoms with Crippen molar-refractivity contribution in [1.82, 2.24) is 4.90 Å². The van der Waals surface area contributed by atoms with E-state index in [-0.39, 0.29) is 5.82 Å². The lowest BCUT2D eigenvalue weighted by Crippen LogP contribution is -2.21. The molecule has 1 aliphatic heterocycles. The second kappa shape index (κ2) is 4.69. The topological polar surface area (TPSA) is 3.24 Å². The fourth-order valence-electron chi connectivity index (χ4n) is 3.37. The van der Waals surface area contributed by atoms with Crippen molar-refractivity contribution in [3.05, 3.63) is 34.1 Å². The molecular weight excluding hydrogens is 281 g/mol. The van der Waals surface area contributed by atoms with Crippen LogP contribution >= 0.6 is 15.9 Å². The first-order valence-corrected chi connectivity index (χ1v) is 7.18. The molecule has 1 aliphatic carbocycles. The summed E-state index contributed by atoms with van der Waals surface area (Å²) in [7, 11) is 0. The second-order valence-corrected chi connectivity index (χ2v) is 6.15. The van der Waals surface area contributed by atoms with E-state index in [1.807, 2.05) is 6.07 Å². The number of hydrogen-bond acceptors (Lipinski definition) is 1. The molecule has 1 aromatic rings. The molecule has 2 atom stereocenters. The first-order chi connectivity index (χ1) is 8.24.